The molecular formula is C21H27N5. The summed E-state index contributed by atoms with van der Waals surface area (Å²) in [4.78, 5) is 0. The highest BCUT2D eigenvalue weighted by atomic mass is 15.1. The van der Waals surface area contributed by atoms with Crippen LogP contribution in [-0.4, -0.2) is 24.5 Å². The number of benzene rings is 1. The van der Waals surface area contributed by atoms with Crippen LogP contribution in [0.5, 0.6) is 0 Å². The number of aryl methyl sites for hydroxylation is 1. The third-order valence-electron chi connectivity index (χ3n) is 5.11. The van der Waals surface area contributed by atoms with E-state index in [-0.39, 0.29) is 5.84 Å². The number of hydrogen-bond acceptors (Lipinski definition) is 3. The first-order valence-electron chi connectivity index (χ1n) is 9.12. The van der Waals surface area contributed by atoms with Gasteiger partial charge in [-0.3, -0.25) is 5.41 Å². The van der Waals surface area contributed by atoms with E-state index in [2.05, 4.69) is 46.2 Å². The molecule has 0 saturated heterocycles. The van der Waals surface area contributed by atoms with Crippen LogP contribution in [0.2, 0.25) is 0 Å². The summed E-state index contributed by atoms with van der Waals surface area (Å²) in [7, 11) is 3.78. The second-order valence-electron chi connectivity index (χ2n) is 6.81. The smallest absolute Gasteiger partial charge is 0.127 e. The molecule has 2 aromatic rings. The van der Waals surface area contributed by atoms with Crippen LogP contribution in [-0.2, 0) is 0 Å². The molecule has 0 radical (unpaired) electrons. The Hall–Kier alpha value is -2.87. The van der Waals surface area contributed by atoms with Crippen LogP contribution in [0.15, 0.2) is 24.4 Å². The number of nitrogens with zero attached hydrogens (tertiary/aromatic N) is 1. The Balaban J connectivity index is 2.07. The zero-order valence-corrected chi connectivity index (χ0v) is 15.7. The molecule has 3 rings (SSSR count). The summed E-state index contributed by atoms with van der Waals surface area (Å²) < 4.78 is 2.23. The third-order valence-corrected chi connectivity index (χ3v) is 5.11. The average Bonchev–Trinajstić information content (AvgIpc) is 3.28. The van der Waals surface area contributed by atoms with Gasteiger partial charge in [-0.2, -0.15) is 0 Å². The van der Waals surface area contributed by atoms with Crippen molar-refractivity contribution in [2.24, 2.45) is 5.73 Å². The Bertz CT molecular complexity index is 876. The van der Waals surface area contributed by atoms with Crippen LogP contribution in [0.1, 0.15) is 54.0 Å². The van der Waals surface area contributed by atoms with Gasteiger partial charge in [0.05, 0.1) is 11.1 Å². The van der Waals surface area contributed by atoms with Crippen molar-refractivity contribution in [3.8, 4) is 11.8 Å². The molecule has 5 heteroatoms. The van der Waals surface area contributed by atoms with E-state index >= 15 is 0 Å². The van der Waals surface area contributed by atoms with E-state index in [1.807, 2.05) is 26.2 Å². The molecule has 26 heavy (non-hydrogen) atoms. The Morgan fingerprint density at radius 1 is 1.15 bits per heavy atom. The molecule has 5 nitrogen and oxygen atoms in total. The van der Waals surface area contributed by atoms with E-state index in [0.29, 0.717) is 11.6 Å². The number of aromatic nitrogens is 1. The maximum atomic E-state index is 8.04. The Labute approximate surface area is 155 Å². The number of nitrogen functional groups attached to an aromatic ring is 1. The van der Waals surface area contributed by atoms with Crippen molar-refractivity contribution in [1.29, 1.82) is 5.41 Å². The summed E-state index contributed by atoms with van der Waals surface area (Å²) in [6.07, 6.45) is 6.88. The van der Waals surface area contributed by atoms with Gasteiger partial charge in [0, 0.05) is 37.6 Å². The highest BCUT2D eigenvalue weighted by molar-refractivity contribution is 6.02. The van der Waals surface area contributed by atoms with E-state index < -0.39 is 0 Å². The molecule has 0 atom stereocenters. The second kappa shape index (κ2) is 7.57. The highest BCUT2D eigenvalue weighted by Gasteiger charge is 2.24. The summed E-state index contributed by atoms with van der Waals surface area (Å²) >= 11 is 0. The van der Waals surface area contributed by atoms with E-state index in [0.717, 1.165) is 41.0 Å². The number of nitrogens with two attached hydrogens (primary N) is 1. The Morgan fingerprint density at radius 3 is 2.46 bits per heavy atom. The fourth-order valence-electron chi connectivity index (χ4n) is 3.66. The molecule has 0 unspecified atom stereocenters. The summed E-state index contributed by atoms with van der Waals surface area (Å²) in [5.41, 5.74) is 10.6. The van der Waals surface area contributed by atoms with Crippen LogP contribution in [0, 0.1) is 24.2 Å². The molecule has 1 aliphatic rings. The maximum absolute atomic E-state index is 8.04. The first-order chi connectivity index (χ1) is 12.5. The van der Waals surface area contributed by atoms with Crippen LogP contribution < -0.4 is 16.4 Å². The fourth-order valence-corrected chi connectivity index (χ4v) is 3.66. The SMILES string of the molecule is CNc1ccc(C)c(C#Cc2cn(C3CCCC3)c(NC)c2C(=N)N)c1. The minimum absolute atomic E-state index is 0.0519. The molecule has 1 heterocycles. The zero-order chi connectivity index (χ0) is 18.7. The summed E-state index contributed by atoms with van der Waals surface area (Å²) in [6.45, 7) is 2.05. The van der Waals surface area contributed by atoms with E-state index in [1.54, 1.807) is 0 Å². The van der Waals surface area contributed by atoms with Crippen LogP contribution in [0.4, 0.5) is 11.5 Å². The zero-order valence-electron chi connectivity index (χ0n) is 15.7. The molecule has 1 aromatic carbocycles. The van der Waals surface area contributed by atoms with Gasteiger partial charge in [-0.15, -0.1) is 0 Å². The molecule has 0 aliphatic heterocycles. The van der Waals surface area contributed by atoms with Crippen molar-refractivity contribution < 1.29 is 0 Å². The lowest BCUT2D eigenvalue weighted by atomic mass is 10.1. The predicted octanol–water partition coefficient (Wildman–Crippen LogP) is 3.68. The molecule has 0 spiro atoms. The maximum Gasteiger partial charge on any atom is 0.127 e. The molecule has 1 fully saturated rings. The van der Waals surface area contributed by atoms with Gasteiger partial charge in [0.1, 0.15) is 11.7 Å². The first-order valence-corrected chi connectivity index (χ1v) is 9.12. The van der Waals surface area contributed by atoms with E-state index in [9.17, 15) is 0 Å². The van der Waals surface area contributed by atoms with Crippen LogP contribution in [0.3, 0.4) is 0 Å². The molecule has 1 aromatic heterocycles. The number of hydrogen-bond donors (Lipinski definition) is 4. The molecule has 136 valence electrons. The predicted molar refractivity (Wildman–Crippen MR) is 109 cm³/mol. The lowest BCUT2D eigenvalue weighted by Gasteiger charge is -2.16. The molecule has 0 bridgehead atoms. The fraction of sp³-hybridized carbons (Fsp3) is 0.381. The van der Waals surface area contributed by atoms with Gasteiger partial charge < -0.3 is 20.9 Å². The Kier molecular flexibility index (Phi) is 5.22. The molecule has 1 aliphatic carbocycles. The number of nitrogens with one attached hydrogen (secondary N) is 3. The van der Waals surface area contributed by atoms with E-state index in [4.69, 9.17) is 11.1 Å². The van der Waals surface area contributed by atoms with Gasteiger partial charge in [-0.05, 0) is 37.5 Å². The first kappa shape index (κ1) is 17.9. The van der Waals surface area contributed by atoms with Crippen LogP contribution >= 0.6 is 0 Å². The van der Waals surface area contributed by atoms with Gasteiger partial charge in [-0.25, -0.2) is 0 Å². The second-order valence-corrected chi connectivity index (χ2v) is 6.81. The van der Waals surface area contributed by atoms with Gasteiger partial charge >= 0.3 is 0 Å². The van der Waals surface area contributed by atoms with Crippen molar-refractivity contribution in [3.05, 3.63) is 46.6 Å². The van der Waals surface area contributed by atoms with Gasteiger partial charge in [0.15, 0.2) is 0 Å². The van der Waals surface area contributed by atoms with Gasteiger partial charge in [0.2, 0.25) is 0 Å². The third kappa shape index (κ3) is 3.41. The monoisotopic (exact) mass is 349 g/mol. The normalized spacial score (nSPS) is 14.0. The summed E-state index contributed by atoms with van der Waals surface area (Å²) in [5.74, 6) is 7.48. The van der Waals surface area contributed by atoms with Crippen molar-refractivity contribution in [2.45, 2.75) is 38.6 Å². The molecule has 5 N–H and O–H groups in total. The van der Waals surface area contributed by atoms with Gasteiger partial charge in [0.25, 0.3) is 0 Å². The minimum atomic E-state index is 0.0519. The quantitative estimate of drug-likeness (QED) is 0.386. The number of amidine groups is 1. The van der Waals surface area contributed by atoms with Crippen LogP contribution in [0.25, 0.3) is 0 Å². The van der Waals surface area contributed by atoms with Crippen molar-refractivity contribution in [3.63, 3.8) is 0 Å². The number of rotatable bonds is 4. The lowest BCUT2D eigenvalue weighted by Crippen LogP contribution is -2.15. The van der Waals surface area contributed by atoms with Gasteiger partial charge in [-0.1, -0.05) is 30.7 Å². The highest BCUT2D eigenvalue weighted by Crippen LogP contribution is 2.35. The molecule has 1 saturated carbocycles. The molecular weight excluding hydrogens is 322 g/mol. The number of anilines is 2. The standard InChI is InChI=1S/C21H27N5/c1-14-8-11-17(24-2)12-15(14)9-10-16-13-26(18-6-4-5-7-18)21(25-3)19(16)20(22)23/h8,11-13,18,24-25H,4-7H2,1-3H3,(H3,22,23). The van der Waals surface area contributed by atoms with Crippen molar-refractivity contribution in [1.82, 2.24) is 4.57 Å². The molecule has 0 amide bonds. The minimum Gasteiger partial charge on any atom is -0.388 e. The largest absolute Gasteiger partial charge is 0.388 e. The summed E-state index contributed by atoms with van der Waals surface area (Å²) in [5, 5.41) is 14.4. The average molecular weight is 349 g/mol. The summed E-state index contributed by atoms with van der Waals surface area (Å²) in [6, 6.07) is 6.60. The van der Waals surface area contributed by atoms with Crippen molar-refractivity contribution in [2.75, 3.05) is 24.7 Å². The Morgan fingerprint density at radius 2 is 1.85 bits per heavy atom. The van der Waals surface area contributed by atoms with E-state index in [1.165, 1.54) is 12.8 Å². The lowest BCUT2D eigenvalue weighted by molar-refractivity contribution is 0.526. The topological polar surface area (TPSA) is 78.9 Å². The van der Waals surface area contributed by atoms with Crippen molar-refractivity contribution >= 4 is 17.3 Å².